The van der Waals surface area contributed by atoms with Crippen LogP contribution in [-0.4, -0.2) is 37.3 Å². The zero-order valence-electron chi connectivity index (χ0n) is 16.8. The van der Waals surface area contributed by atoms with Crippen LogP contribution in [0.15, 0.2) is 59.2 Å². The first-order valence-electron chi connectivity index (χ1n) is 9.49. The van der Waals surface area contributed by atoms with Crippen molar-refractivity contribution in [3.8, 4) is 11.5 Å². The third-order valence-corrected chi connectivity index (χ3v) is 5.19. The highest BCUT2D eigenvalue weighted by Gasteiger charge is 2.32. The number of halogens is 3. The van der Waals surface area contributed by atoms with Gasteiger partial charge in [0.15, 0.2) is 11.5 Å². The lowest BCUT2D eigenvalue weighted by Crippen LogP contribution is -2.32. The summed E-state index contributed by atoms with van der Waals surface area (Å²) in [7, 11) is 3.01. The van der Waals surface area contributed by atoms with E-state index < -0.39 is 11.7 Å². The second-order valence-corrected chi connectivity index (χ2v) is 7.14. The molecule has 0 fully saturated rings. The first-order chi connectivity index (χ1) is 14.8. The highest BCUT2D eigenvalue weighted by Crippen LogP contribution is 2.38. The molecular weight excluding hydrogens is 409 g/mol. The van der Waals surface area contributed by atoms with Crippen molar-refractivity contribution in [1.82, 2.24) is 4.90 Å². The van der Waals surface area contributed by atoms with Gasteiger partial charge in [-0.15, -0.1) is 0 Å². The van der Waals surface area contributed by atoms with Gasteiger partial charge in [-0.05, 0) is 35.8 Å². The second kappa shape index (κ2) is 7.94. The molecule has 8 heteroatoms. The van der Waals surface area contributed by atoms with Crippen LogP contribution >= 0.6 is 0 Å². The van der Waals surface area contributed by atoms with E-state index in [0.717, 1.165) is 17.7 Å². The fourth-order valence-electron chi connectivity index (χ4n) is 3.55. The molecule has 31 heavy (non-hydrogen) atoms. The summed E-state index contributed by atoms with van der Waals surface area (Å²) in [5.74, 6) is 0.717. The van der Waals surface area contributed by atoms with E-state index in [9.17, 15) is 18.0 Å². The highest BCUT2D eigenvalue weighted by molar-refractivity contribution is 6.04. The Hall–Kier alpha value is -3.55. The van der Waals surface area contributed by atoms with E-state index in [1.807, 2.05) is 0 Å². The standard InChI is InChI=1S/C23H19F3N2O3/c1-30-20-10-18-19(11-21(20)31-2)27-12-17-9-15(13-28(17)22(18)29)4-3-14-5-7-16(8-6-14)23(24,25)26/h3-8,10-13,17H,9H2,1-2H3/b4-3+/t17-/m0/s1. The average molecular weight is 428 g/mol. The van der Waals surface area contributed by atoms with E-state index in [4.69, 9.17) is 9.47 Å². The van der Waals surface area contributed by atoms with Crippen molar-refractivity contribution in [3.05, 3.63) is 70.9 Å². The lowest BCUT2D eigenvalue weighted by atomic mass is 10.1. The summed E-state index contributed by atoms with van der Waals surface area (Å²) in [5, 5.41) is 0. The number of amides is 1. The molecule has 0 bridgehead atoms. The summed E-state index contributed by atoms with van der Waals surface area (Å²) in [6.45, 7) is 0. The summed E-state index contributed by atoms with van der Waals surface area (Å²) >= 11 is 0. The number of carbonyl (C=O) groups excluding carboxylic acids is 1. The maximum Gasteiger partial charge on any atom is 0.416 e. The molecule has 0 N–H and O–H groups in total. The highest BCUT2D eigenvalue weighted by atomic mass is 19.4. The Morgan fingerprint density at radius 3 is 2.39 bits per heavy atom. The molecule has 0 spiro atoms. The molecular formula is C23H19F3N2O3. The summed E-state index contributed by atoms with van der Waals surface area (Å²) in [6.07, 6.45) is 3.17. The van der Waals surface area contributed by atoms with E-state index in [-0.39, 0.29) is 11.9 Å². The van der Waals surface area contributed by atoms with Gasteiger partial charge in [0.25, 0.3) is 5.91 Å². The lowest BCUT2D eigenvalue weighted by molar-refractivity contribution is -0.137. The molecule has 0 saturated carbocycles. The fourth-order valence-corrected chi connectivity index (χ4v) is 3.55. The molecule has 2 aliphatic rings. The van der Waals surface area contributed by atoms with Crippen LogP contribution < -0.4 is 9.47 Å². The number of ether oxygens (including phenoxy) is 2. The van der Waals surface area contributed by atoms with Crippen molar-refractivity contribution < 1.29 is 27.4 Å². The van der Waals surface area contributed by atoms with Gasteiger partial charge in [-0.3, -0.25) is 9.79 Å². The minimum Gasteiger partial charge on any atom is -0.493 e. The largest absolute Gasteiger partial charge is 0.493 e. The van der Waals surface area contributed by atoms with Crippen molar-refractivity contribution in [1.29, 1.82) is 0 Å². The quantitative estimate of drug-likeness (QED) is 0.668. The SMILES string of the molecule is COc1cc2c(cc1OC)C(=O)N1C=C(/C=C/c3ccc(C(F)(F)F)cc3)C[C@H]1C=N2. The van der Waals surface area contributed by atoms with Crippen LogP contribution in [0.25, 0.3) is 6.08 Å². The Morgan fingerprint density at radius 1 is 1.06 bits per heavy atom. The van der Waals surface area contributed by atoms with Crippen LogP contribution in [0, 0.1) is 0 Å². The Bertz CT molecular complexity index is 1100. The van der Waals surface area contributed by atoms with Crippen LogP contribution in [0.1, 0.15) is 27.9 Å². The zero-order valence-corrected chi connectivity index (χ0v) is 16.8. The molecule has 2 aromatic rings. The molecule has 2 heterocycles. The molecule has 0 radical (unpaired) electrons. The van der Waals surface area contributed by atoms with Gasteiger partial charge in [-0.25, -0.2) is 0 Å². The van der Waals surface area contributed by atoms with Crippen molar-refractivity contribution in [2.45, 2.75) is 18.6 Å². The number of nitrogens with zero attached hydrogens (tertiary/aromatic N) is 2. The van der Waals surface area contributed by atoms with Crippen molar-refractivity contribution in [2.24, 2.45) is 4.99 Å². The first-order valence-corrected chi connectivity index (χ1v) is 9.49. The topological polar surface area (TPSA) is 51.1 Å². The number of rotatable bonds is 4. The Balaban J connectivity index is 1.56. The molecule has 0 aliphatic carbocycles. The third kappa shape index (κ3) is 4.05. The molecule has 1 amide bonds. The molecule has 0 saturated heterocycles. The summed E-state index contributed by atoms with van der Waals surface area (Å²) in [4.78, 5) is 19.2. The Labute approximate surface area is 177 Å². The number of aliphatic imine (C=N–C) groups is 1. The van der Waals surface area contributed by atoms with Gasteiger partial charge in [0.1, 0.15) is 0 Å². The molecule has 4 rings (SSSR count). The second-order valence-electron chi connectivity index (χ2n) is 7.14. The van der Waals surface area contributed by atoms with E-state index >= 15 is 0 Å². The minimum absolute atomic E-state index is 0.212. The number of fused-ring (bicyclic) bond motifs is 2. The normalized spacial score (nSPS) is 18.0. The zero-order chi connectivity index (χ0) is 22.2. The van der Waals surface area contributed by atoms with E-state index in [1.54, 1.807) is 41.6 Å². The summed E-state index contributed by atoms with van der Waals surface area (Å²) in [5.41, 5.74) is 1.73. The van der Waals surface area contributed by atoms with Gasteiger partial charge in [0.05, 0.1) is 37.1 Å². The van der Waals surface area contributed by atoms with E-state index in [0.29, 0.717) is 34.7 Å². The van der Waals surface area contributed by atoms with Gasteiger partial charge < -0.3 is 14.4 Å². The van der Waals surface area contributed by atoms with Crippen LogP contribution in [-0.2, 0) is 6.18 Å². The first kappa shape index (κ1) is 20.7. The van der Waals surface area contributed by atoms with Gasteiger partial charge >= 0.3 is 6.18 Å². The Morgan fingerprint density at radius 2 is 1.74 bits per heavy atom. The number of alkyl halides is 3. The molecule has 160 valence electrons. The van der Waals surface area contributed by atoms with Crippen LogP contribution in [0.5, 0.6) is 11.5 Å². The maximum absolute atomic E-state index is 13.1. The molecule has 1 atom stereocenters. The van der Waals surface area contributed by atoms with Crippen molar-refractivity contribution in [2.75, 3.05) is 14.2 Å². The van der Waals surface area contributed by atoms with Gasteiger partial charge in [0, 0.05) is 18.5 Å². The predicted molar refractivity (Wildman–Crippen MR) is 111 cm³/mol. The molecule has 2 aromatic carbocycles. The monoisotopic (exact) mass is 428 g/mol. The predicted octanol–water partition coefficient (Wildman–Crippen LogP) is 5.25. The lowest BCUT2D eigenvalue weighted by Gasteiger charge is -2.18. The molecule has 5 nitrogen and oxygen atoms in total. The van der Waals surface area contributed by atoms with Crippen LogP contribution in [0.2, 0.25) is 0 Å². The van der Waals surface area contributed by atoms with Crippen LogP contribution in [0.3, 0.4) is 0 Å². The van der Waals surface area contributed by atoms with E-state index in [2.05, 4.69) is 4.99 Å². The van der Waals surface area contributed by atoms with Gasteiger partial charge in [-0.2, -0.15) is 13.2 Å². The number of allylic oxidation sites excluding steroid dienone is 1. The number of carbonyl (C=O) groups is 1. The third-order valence-electron chi connectivity index (χ3n) is 5.19. The fraction of sp³-hybridized carbons (Fsp3) is 0.217. The number of methoxy groups -OCH3 is 2. The van der Waals surface area contributed by atoms with Gasteiger partial charge in [-0.1, -0.05) is 24.3 Å². The smallest absolute Gasteiger partial charge is 0.416 e. The summed E-state index contributed by atoms with van der Waals surface area (Å²) in [6, 6.07) is 7.95. The Kier molecular flexibility index (Phi) is 5.31. The van der Waals surface area contributed by atoms with E-state index in [1.165, 1.54) is 26.4 Å². The summed E-state index contributed by atoms with van der Waals surface area (Å²) < 4.78 is 48.7. The number of benzene rings is 2. The van der Waals surface area contributed by atoms with Crippen molar-refractivity contribution in [3.63, 3.8) is 0 Å². The van der Waals surface area contributed by atoms with Gasteiger partial charge in [0.2, 0.25) is 0 Å². The molecule has 0 aromatic heterocycles. The maximum atomic E-state index is 13.1. The van der Waals surface area contributed by atoms with Crippen molar-refractivity contribution >= 4 is 23.9 Å². The minimum atomic E-state index is -4.36. The average Bonchev–Trinajstić information content (AvgIpc) is 3.13. The number of hydrogen-bond acceptors (Lipinski definition) is 4. The molecule has 2 aliphatic heterocycles. The van der Waals surface area contributed by atoms with Crippen LogP contribution in [0.4, 0.5) is 18.9 Å². The number of hydrogen-bond donors (Lipinski definition) is 0. The molecule has 0 unspecified atom stereocenters.